The van der Waals surface area contributed by atoms with Crippen LogP contribution in [-0.2, 0) is 6.42 Å². The lowest BCUT2D eigenvalue weighted by Crippen LogP contribution is -1.86. The summed E-state index contributed by atoms with van der Waals surface area (Å²) in [6, 6.07) is 13.0. The summed E-state index contributed by atoms with van der Waals surface area (Å²) < 4.78 is 1.40. The maximum absolute atomic E-state index is 2.44. The van der Waals surface area contributed by atoms with Crippen molar-refractivity contribution in [1.29, 1.82) is 0 Å². The fourth-order valence-corrected chi connectivity index (χ4v) is 2.60. The molecule has 0 spiro atoms. The second-order valence-corrected chi connectivity index (χ2v) is 4.19. The van der Waals surface area contributed by atoms with E-state index in [2.05, 4.69) is 65.9 Å². The molecule has 0 bridgehead atoms. The van der Waals surface area contributed by atoms with Gasteiger partial charge < -0.3 is 0 Å². The first-order valence-corrected chi connectivity index (χ1v) is 5.57. The third kappa shape index (κ3) is 1.57. The van der Waals surface area contributed by atoms with Crippen molar-refractivity contribution in [2.24, 2.45) is 0 Å². The molecule has 0 saturated carbocycles. The van der Waals surface area contributed by atoms with E-state index in [1.807, 2.05) is 0 Å². The van der Waals surface area contributed by atoms with Gasteiger partial charge in [-0.15, -0.1) is 0 Å². The molecule has 0 aromatic heterocycles. The van der Waals surface area contributed by atoms with Gasteiger partial charge in [-0.25, -0.2) is 0 Å². The van der Waals surface area contributed by atoms with Crippen molar-refractivity contribution in [2.45, 2.75) is 13.3 Å². The van der Waals surface area contributed by atoms with Crippen LogP contribution in [0.25, 0.3) is 10.8 Å². The lowest BCUT2D eigenvalue weighted by molar-refractivity contribution is 1.13. The van der Waals surface area contributed by atoms with Gasteiger partial charge in [0.05, 0.1) is 0 Å². The molecular weight excluding hydrogens is 271 g/mol. The van der Waals surface area contributed by atoms with Crippen LogP contribution >= 0.6 is 22.6 Å². The minimum absolute atomic E-state index is 1.11. The Morgan fingerprint density at radius 3 is 2.62 bits per heavy atom. The molecule has 2 aromatic rings. The summed E-state index contributed by atoms with van der Waals surface area (Å²) in [4.78, 5) is 0. The van der Waals surface area contributed by atoms with Crippen LogP contribution < -0.4 is 0 Å². The largest absolute Gasteiger partial charge is 0.0616 e. The van der Waals surface area contributed by atoms with E-state index in [-0.39, 0.29) is 0 Å². The highest BCUT2D eigenvalue weighted by molar-refractivity contribution is 14.1. The van der Waals surface area contributed by atoms with Gasteiger partial charge in [-0.1, -0.05) is 43.3 Å². The summed E-state index contributed by atoms with van der Waals surface area (Å²) in [5.41, 5.74) is 1.44. The molecule has 0 unspecified atom stereocenters. The average Bonchev–Trinajstić information content (AvgIpc) is 2.19. The first kappa shape index (κ1) is 9.00. The molecule has 0 aliphatic rings. The molecule has 1 heteroatoms. The van der Waals surface area contributed by atoms with Gasteiger partial charge in [0.25, 0.3) is 0 Å². The quantitative estimate of drug-likeness (QED) is 0.693. The summed E-state index contributed by atoms with van der Waals surface area (Å²) in [5.74, 6) is 0. The summed E-state index contributed by atoms with van der Waals surface area (Å²) in [6.07, 6.45) is 1.11. The first-order valence-electron chi connectivity index (χ1n) is 4.49. The van der Waals surface area contributed by atoms with Gasteiger partial charge in [0.2, 0.25) is 0 Å². The van der Waals surface area contributed by atoms with Gasteiger partial charge >= 0.3 is 0 Å². The van der Waals surface area contributed by atoms with Crippen LogP contribution in [-0.4, -0.2) is 0 Å². The molecule has 0 saturated heterocycles. The van der Waals surface area contributed by atoms with E-state index in [1.165, 1.54) is 19.9 Å². The average molecular weight is 282 g/mol. The maximum atomic E-state index is 2.44. The smallest absolute Gasteiger partial charge is 0.0240 e. The van der Waals surface area contributed by atoms with Crippen LogP contribution in [0.4, 0.5) is 0 Å². The SMILES string of the molecule is CCc1ccc2ccccc2c1I. The van der Waals surface area contributed by atoms with Gasteiger partial charge in [-0.3, -0.25) is 0 Å². The highest BCUT2D eigenvalue weighted by Crippen LogP contribution is 2.24. The molecule has 0 nitrogen and oxygen atoms in total. The second-order valence-electron chi connectivity index (χ2n) is 3.11. The van der Waals surface area contributed by atoms with Crippen LogP contribution in [0.15, 0.2) is 36.4 Å². The summed E-state index contributed by atoms with van der Waals surface area (Å²) in [5, 5.41) is 2.71. The molecule has 0 aliphatic heterocycles. The Morgan fingerprint density at radius 1 is 1.08 bits per heavy atom. The third-order valence-electron chi connectivity index (χ3n) is 2.32. The van der Waals surface area contributed by atoms with Crippen molar-refractivity contribution in [3.05, 3.63) is 45.5 Å². The number of halogens is 1. The van der Waals surface area contributed by atoms with Crippen molar-refractivity contribution >= 4 is 33.4 Å². The van der Waals surface area contributed by atoms with Crippen molar-refractivity contribution in [3.8, 4) is 0 Å². The minimum Gasteiger partial charge on any atom is -0.0616 e. The standard InChI is InChI=1S/C12H11I/c1-2-9-7-8-10-5-3-4-6-11(10)12(9)13/h3-8H,2H2,1H3. The molecule has 0 radical (unpaired) electrons. The van der Waals surface area contributed by atoms with Crippen LogP contribution in [0.3, 0.4) is 0 Å². The summed E-state index contributed by atoms with van der Waals surface area (Å²) >= 11 is 2.44. The molecule has 2 rings (SSSR count). The van der Waals surface area contributed by atoms with Crippen molar-refractivity contribution < 1.29 is 0 Å². The van der Waals surface area contributed by atoms with E-state index in [0.717, 1.165) is 6.42 Å². The van der Waals surface area contributed by atoms with Crippen molar-refractivity contribution in [2.75, 3.05) is 0 Å². The van der Waals surface area contributed by atoms with E-state index in [0.29, 0.717) is 0 Å². The minimum atomic E-state index is 1.11. The Hall–Kier alpha value is -0.570. The molecule has 0 fully saturated rings. The zero-order chi connectivity index (χ0) is 9.26. The van der Waals surface area contributed by atoms with Crippen molar-refractivity contribution in [1.82, 2.24) is 0 Å². The van der Waals surface area contributed by atoms with Gasteiger partial charge in [0, 0.05) is 3.57 Å². The third-order valence-corrected chi connectivity index (χ3v) is 3.60. The Labute approximate surface area is 92.1 Å². The molecule has 0 heterocycles. The Kier molecular flexibility index (Phi) is 2.54. The number of hydrogen-bond acceptors (Lipinski definition) is 0. The zero-order valence-corrected chi connectivity index (χ0v) is 9.71. The molecule has 66 valence electrons. The molecule has 0 amide bonds. The molecular formula is C12H11I. The number of aryl methyl sites for hydroxylation is 1. The highest BCUT2D eigenvalue weighted by Gasteiger charge is 2.01. The summed E-state index contributed by atoms with van der Waals surface area (Å²) in [6.45, 7) is 2.20. The Morgan fingerprint density at radius 2 is 1.85 bits per heavy atom. The fraction of sp³-hybridized carbons (Fsp3) is 0.167. The number of fused-ring (bicyclic) bond motifs is 1. The molecule has 2 aromatic carbocycles. The van der Waals surface area contributed by atoms with Gasteiger partial charge in [-0.05, 0) is 45.3 Å². The van der Waals surface area contributed by atoms with E-state index >= 15 is 0 Å². The molecule has 13 heavy (non-hydrogen) atoms. The Bertz CT molecular complexity index is 432. The van der Waals surface area contributed by atoms with Gasteiger partial charge in [0.1, 0.15) is 0 Å². The van der Waals surface area contributed by atoms with Gasteiger partial charge in [-0.2, -0.15) is 0 Å². The maximum Gasteiger partial charge on any atom is 0.0240 e. The van der Waals surface area contributed by atoms with Crippen LogP contribution in [0.5, 0.6) is 0 Å². The Balaban J connectivity index is 2.79. The second kappa shape index (κ2) is 3.66. The monoisotopic (exact) mass is 282 g/mol. The summed E-state index contributed by atoms with van der Waals surface area (Å²) in [7, 11) is 0. The number of hydrogen-bond donors (Lipinski definition) is 0. The molecule has 0 aliphatic carbocycles. The van der Waals surface area contributed by atoms with E-state index in [1.54, 1.807) is 0 Å². The van der Waals surface area contributed by atoms with Crippen LogP contribution in [0, 0.1) is 3.57 Å². The molecule has 0 N–H and O–H groups in total. The zero-order valence-electron chi connectivity index (χ0n) is 7.55. The number of rotatable bonds is 1. The highest BCUT2D eigenvalue weighted by atomic mass is 127. The van der Waals surface area contributed by atoms with Gasteiger partial charge in [0.15, 0.2) is 0 Å². The first-order chi connectivity index (χ1) is 6.33. The predicted octanol–water partition coefficient (Wildman–Crippen LogP) is 4.01. The van der Waals surface area contributed by atoms with E-state index in [4.69, 9.17) is 0 Å². The van der Waals surface area contributed by atoms with Crippen LogP contribution in [0.1, 0.15) is 12.5 Å². The lowest BCUT2D eigenvalue weighted by Gasteiger charge is -2.05. The topological polar surface area (TPSA) is 0 Å². The van der Waals surface area contributed by atoms with Crippen molar-refractivity contribution in [3.63, 3.8) is 0 Å². The lowest BCUT2D eigenvalue weighted by atomic mass is 10.1. The van der Waals surface area contributed by atoms with E-state index < -0.39 is 0 Å². The van der Waals surface area contributed by atoms with Crippen LogP contribution in [0.2, 0.25) is 0 Å². The number of benzene rings is 2. The fourth-order valence-electron chi connectivity index (χ4n) is 1.55. The molecule has 0 atom stereocenters. The van der Waals surface area contributed by atoms with E-state index in [9.17, 15) is 0 Å². The normalized spacial score (nSPS) is 10.6. The predicted molar refractivity (Wildman–Crippen MR) is 66.0 cm³/mol.